The van der Waals surface area contributed by atoms with E-state index < -0.39 is 5.67 Å². The van der Waals surface area contributed by atoms with Crippen LogP contribution >= 0.6 is 0 Å². The SMILES string of the molecule is CC(C)C(F)(CN)c1ccn(C)n1. The van der Waals surface area contributed by atoms with Crippen LogP contribution in [0.1, 0.15) is 19.5 Å². The summed E-state index contributed by atoms with van der Waals surface area (Å²) < 4.78 is 15.8. The van der Waals surface area contributed by atoms with E-state index in [1.807, 2.05) is 13.8 Å². The summed E-state index contributed by atoms with van der Waals surface area (Å²) in [5, 5.41) is 4.04. The highest BCUT2D eigenvalue weighted by Gasteiger charge is 2.36. The molecule has 1 aromatic heterocycles. The summed E-state index contributed by atoms with van der Waals surface area (Å²) in [5.74, 6) is -0.160. The zero-order chi connectivity index (χ0) is 10.1. The fourth-order valence-corrected chi connectivity index (χ4v) is 1.27. The molecule has 0 aromatic carbocycles. The van der Waals surface area contributed by atoms with E-state index in [9.17, 15) is 4.39 Å². The normalized spacial score (nSPS) is 16.2. The molecule has 74 valence electrons. The number of alkyl halides is 1. The predicted molar refractivity (Wildman–Crippen MR) is 49.9 cm³/mol. The average molecular weight is 185 g/mol. The van der Waals surface area contributed by atoms with Gasteiger partial charge in [0.2, 0.25) is 0 Å². The summed E-state index contributed by atoms with van der Waals surface area (Å²) >= 11 is 0. The van der Waals surface area contributed by atoms with E-state index in [4.69, 9.17) is 5.73 Å². The lowest BCUT2D eigenvalue weighted by molar-refractivity contribution is 0.103. The third-order valence-electron chi connectivity index (χ3n) is 2.35. The van der Waals surface area contributed by atoms with Crippen molar-refractivity contribution in [1.29, 1.82) is 0 Å². The van der Waals surface area contributed by atoms with Crippen LogP contribution in [-0.4, -0.2) is 16.3 Å². The van der Waals surface area contributed by atoms with Crippen LogP contribution in [0.4, 0.5) is 4.39 Å². The number of hydrogen-bond acceptors (Lipinski definition) is 2. The third-order valence-corrected chi connectivity index (χ3v) is 2.35. The van der Waals surface area contributed by atoms with Crippen LogP contribution in [0, 0.1) is 5.92 Å². The van der Waals surface area contributed by atoms with E-state index in [2.05, 4.69) is 5.10 Å². The quantitative estimate of drug-likeness (QED) is 0.769. The summed E-state index contributed by atoms with van der Waals surface area (Å²) in [4.78, 5) is 0. The van der Waals surface area contributed by atoms with Gasteiger partial charge in [-0.05, 0) is 12.0 Å². The van der Waals surface area contributed by atoms with Crippen molar-refractivity contribution in [2.45, 2.75) is 19.5 Å². The fraction of sp³-hybridized carbons (Fsp3) is 0.667. The van der Waals surface area contributed by atoms with E-state index in [0.29, 0.717) is 5.69 Å². The van der Waals surface area contributed by atoms with Gasteiger partial charge in [-0.2, -0.15) is 5.10 Å². The lowest BCUT2D eigenvalue weighted by Crippen LogP contribution is -2.36. The van der Waals surface area contributed by atoms with Crippen molar-refractivity contribution < 1.29 is 4.39 Å². The zero-order valence-corrected chi connectivity index (χ0v) is 8.29. The number of halogens is 1. The summed E-state index contributed by atoms with van der Waals surface area (Å²) in [6.07, 6.45) is 1.72. The molecule has 0 aliphatic heterocycles. The van der Waals surface area contributed by atoms with Gasteiger partial charge < -0.3 is 5.73 Å². The van der Waals surface area contributed by atoms with Crippen molar-refractivity contribution in [1.82, 2.24) is 9.78 Å². The second-order valence-corrected chi connectivity index (χ2v) is 3.60. The summed E-state index contributed by atoms with van der Waals surface area (Å²) in [5.41, 5.74) is 4.35. The third kappa shape index (κ3) is 1.72. The van der Waals surface area contributed by atoms with E-state index in [0.717, 1.165) is 0 Å². The molecular formula is C9H16FN3. The smallest absolute Gasteiger partial charge is 0.168 e. The predicted octanol–water partition coefficient (Wildman–Crippen LogP) is 1.20. The topological polar surface area (TPSA) is 43.8 Å². The highest BCUT2D eigenvalue weighted by molar-refractivity contribution is 5.12. The average Bonchev–Trinajstić information content (AvgIpc) is 2.50. The van der Waals surface area contributed by atoms with Gasteiger partial charge in [-0.15, -0.1) is 0 Å². The summed E-state index contributed by atoms with van der Waals surface area (Å²) in [6.45, 7) is 3.59. The Morgan fingerprint density at radius 1 is 1.69 bits per heavy atom. The minimum atomic E-state index is -1.50. The van der Waals surface area contributed by atoms with Gasteiger partial charge >= 0.3 is 0 Å². The maximum Gasteiger partial charge on any atom is 0.168 e. The van der Waals surface area contributed by atoms with Crippen molar-refractivity contribution in [3.05, 3.63) is 18.0 Å². The lowest BCUT2D eigenvalue weighted by Gasteiger charge is -2.25. The molecule has 0 aliphatic rings. The molecule has 0 radical (unpaired) electrons. The first-order chi connectivity index (χ1) is 6.00. The van der Waals surface area contributed by atoms with E-state index in [1.54, 1.807) is 24.0 Å². The van der Waals surface area contributed by atoms with Gasteiger partial charge in [0.1, 0.15) is 5.69 Å². The van der Waals surface area contributed by atoms with E-state index in [1.165, 1.54) is 0 Å². The van der Waals surface area contributed by atoms with Gasteiger partial charge in [0.15, 0.2) is 5.67 Å². The molecule has 3 nitrogen and oxygen atoms in total. The highest BCUT2D eigenvalue weighted by Crippen LogP contribution is 2.31. The Balaban J connectivity index is 3.02. The molecule has 4 heteroatoms. The van der Waals surface area contributed by atoms with Crippen molar-refractivity contribution >= 4 is 0 Å². The fourth-order valence-electron chi connectivity index (χ4n) is 1.27. The second kappa shape index (κ2) is 3.46. The van der Waals surface area contributed by atoms with Crippen LogP contribution in [-0.2, 0) is 12.7 Å². The molecule has 0 saturated heterocycles. The second-order valence-electron chi connectivity index (χ2n) is 3.60. The molecule has 1 rings (SSSR count). The molecule has 0 fully saturated rings. The minimum Gasteiger partial charge on any atom is -0.327 e. The van der Waals surface area contributed by atoms with Crippen LogP contribution in [0.3, 0.4) is 0 Å². The van der Waals surface area contributed by atoms with Gasteiger partial charge in [0.05, 0.1) is 0 Å². The Bertz CT molecular complexity index is 282. The number of aromatic nitrogens is 2. The maximum absolute atomic E-state index is 14.2. The van der Waals surface area contributed by atoms with Crippen LogP contribution in [0.2, 0.25) is 0 Å². The maximum atomic E-state index is 14.2. The molecule has 0 saturated carbocycles. The Morgan fingerprint density at radius 2 is 2.31 bits per heavy atom. The lowest BCUT2D eigenvalue weighted by atomic mass is 9.89. The van der Waals surface area contributed by atoms with Gasteiger partial charge in [-0.25, -0.2) is 4.39 Å². The van der Waals surface area contributed by atoms with Gasteiger partial charge in [-0.1, -0.05) is 13.8 Å². The standard InChI is InChI=1S/C9H16FN3/c1-7(2)9(10,6-11)8-4-5-13(3)12-8/h4-5,7H,6,11H2,1-3H3. The van der Waals surface area contributed by atoms with Crippen molar-refractivity contribution in [2.24, 2.45) is 18.7 Å². The van der Waals surface area contributed by atoms with Crippen LogP contribution in [0.15, 0.2) is 12.3 Å². The summed E-state index contributed by atoms with van der Waals surface area (Å²) in [6, 6.07) is 1.67. The first-order valence-corrected chi connectivity index (χ1v) is 4.40. The molecule has 1 aromatic rings. The first kappa shape index (κ1) is 10.2. The van der Waals surface area contributed by atoms with Crippen LogP contribution in [0.5, 0.6) is 0 Å². The highest BCUT2D eigenvalue weighted by atomic mass is 19.1. The number of aryl methyl sites for hydroxylation is 1. The molecule has 1 unspecified atom stereocenters. The molecule has 1 atom stereocenters. The minimum absolute atomic E-state index is 0.0261. The molecular weight excluding hydrogens is 169 g/mol. The van der Waals surface area contributed by atoms with Crippen LogP contribution < -0.4 is 5.73 Å². The van der Waals surface area contributed by atoms with Crippen molar-refractivity contribution in [2.75, 3.05) is 6.54 Å². The van der Waals surface area contributed by atoms with Gasteiger partial charge in [-0.3, -0.25) is 4.68 Å². The Hall–Kier alpha value is -0.900. The van der Waals surface area contributed by atoms with Crippen molar-refractivity contribution in [3.8, 4) is 0 Å². The zero-order valence-electron chi connectivity index (χ0n) is 8.29. The number of nitrogens with two attached hydrogens (primary N) is 1. The monoisotopic (exact) mass is 185 g/mol. The van der Waals surface area contributed by atoms with Gasteiger partial charge in [0, 0.05) is 19.8 Å². The van der Waals surface area contributed by atoms with Crippen LogP contribution in [0.25, 0.3) is 0 Å². The Labute approximate surface area is 77.7 Å². The molecule has 13 heavy (non-hydrogen) atoms. The first-order valence-electron chi connectivity index (χ1n) is 4.40. The van der Waals surface area contributed by atoms with E-state index in [-0.39, 0.29) is 12.5 Å². The number of nitrogens with zero attached hydrogens (tertiary/aromatic N) is 2. The van der Waals surface area contributed by atoms with Gasteiger partial charge in [0.25, 0.3) is 0 Å². The molecule has 0 amide bonds. The Kier molecular flexibility index (Phi) is 2.71. The molecule has 0 bridgehead atoms. The van der Waals surface area contributed by atoms with Crippen molar-refractivity contribution in [3.63, 3.8) is 0 Å². The molecule has 0 spiro atoms. The Morgan fingerprint density at radius 3 is 2.62 bits per heavy atom. The number of hydrogen-bond donors (Lipinski definition) is 1. The summed E-state index contributed by atoms with van der Waals surface area (Å²) in [7, 11) is 1.76. The molecule has 2 N–H and O–H groups in total. The molecule has 0 aliphatic carbocycles. The van der Waals surface area contributed by atoms with E-state index >= 15 is 0 Å². The number of rotatable bonds is 3. The largest absolute Gasteiger partial charge is 0.327 e. The molecule has 1 heterocycles.